The van der Waals surface area contributed by atoms with Crippen molar-refractivity contribution in [1.82, 2.24) is 14.8 Å². The Labute approximate surface area is 150 Å². The lowest BCUT2D eigenvalue weighted by Gasteiger charge is -2.08. The minimum Gasteiger partial charge on any atom is -0.493 e. The van der Waals surface area contributed by atoms with Crippen molar-refractivity contribution in [3.8, 4) is 5.75 Å². The molecule has 1 aliphatic rings. The highest BCUT2D eigenvalue weighted by molar-refractivity contribution is 7.99. The second-order valence-electron chi connectivity index (χ2n) is 6.08. The maximum atomic E-state index is 12.8. The Kier molecular flexibility index (Phi) is 5.63. The first kappa shape index (κ1) is 18.2. The smallest absolute Gasteiger partial charge is 0.191 e. The minimum absolute atomic E-state index is 0.132. The van der Waals surface area contributed by atoms with Gasteiger partial charge in [0.05, 0.1) is 18.1 Å². The predicted molar refractivity (Wildman–Crippen MR) is 94.1 cm³/mol. The molecule has 6 nitrogen and oxygen atoms in total. The maximum absolute atomic E-state index is 12.8. The van der Waals surface area contributed by atoms with Crippen molar-refractivity contribution in [1.29, 1.82) is 0 Å². The van der Waals surface area contributed by atoms with Gasteiger partial charge in [0.15, 0.2) is 15.0 Å². The number of sulfone groups is 1. The number of nitrogens with zero attached hydrogens (tertiary/aromatic N) is 3. The highest BCUT2D eigenvalue weighted by Gasteiger charge is 2.29. The quantitative estimate of drug-likeness (QED) is 0.537. The second kappa shape index (κ2) is 7.74. The van der Waals surface area contributed by atoms with Crippen LogP contribution in [0.15, 0.2) is 29.4 Å². The Morgan fingerprint density at radius 3 is 2.76 bits per heavy atom. The molecule has 2 aromatic rings. The van der Waals surface area contributed by atoms with E-state index in [9.17, 15) is 12.8 Å². The normalized spacial score (nSPS) is 19.2. The summed E-state index contributed by atoms with van der Waals surface area (Å²) in [5, 5.41) is 9.14. The molecule has 3 rings (SSSR count). The Bertz CT molecular complexity index is 822. The number of thioether (sulfide) groups is 1. The van der Waals surface area contributed by atoms with Crippen molar-refractivity contribution in [3.63, 3.8) is 0 Å². The van der Waals surface area contributed by atoms with Crippen LogP contribution in [0.4, 0.5) is 4.39 Å². The largest absolute Gasteiger partial charge is 0.493 e. The highest BCUT2D eigenvalue weighted by Crippen LogP contribution is 2.23. The fourth-order valence-electron chi connectivity index (χ4n) is 2.76. The fourth-order valence-corrected chi connectivity index (χ4v) is 5.37. The lowest BCUT2D eigenvalue weighted by atomic mass is 10.1. The van der Waals surface area contributed by atoms with Crippen molar-refractivity contribution >= 4 is 21.6 Å². The van der Waals surface area contributed by atoms with E-state index in [2.05, 4.69) is 10.2 Å². The number of rotatable bonds is 7. The van der Waals surface area contributed by atoms with Gasteiger partial charge in [-0.2, -0.15) is 0 Å². The van der Waals surface area contributed by atoms with Crippen molar-refractivity contribution in [3.05, 3.63) is 35.9 Å². The van der Waals surface area contributed by atoms with Gasteiger partial charge in [0.25, 0.3) is 0 Å². The van der Waals surface area contributed by atoms with E-state index in [4.69, 9.17) is 4.74 Å². The summed E-state index contributed by atoms with van der Waals surface area (Å²) in [5.41, 5.74) is 0. The summed E-state index contributed by atoms with van der Waals surface area (Å²) < 4.78 is 43.4. The third-order valence-corrected chi connectivity index (χ3v) is 6.94. The summed E-state index contributed by atoms with van der Waals surface area (Å²) >= 11 is 1.52. The van der Waals surface area contributed by atoms with Gasteiger partial charge in [-0.15, -0.1) is 10.2 Å². The molecule has 0 unspecified atom stereocenters. The van der Waals surface area contributed by atoms with E-state index >= 15 is 0 Å². The van der Waals surface area contributed by atoms with Crippen LogP contribution in [-0.2, 0) is 23.3 Å². The molecule has 0 radical (unpaired) electrons. The average molecular weight is 385 g/mol. The van der Waals surface area contributed by atoms with Crippen LogP contribution < -0.4 is 4.74 Å². The van der Waals surface area contributed by atoms with Gasteiger partial charge in [0, 0.05) is 19.2 Å². The zero-order chi connectivity index (χ0) is 17.9. The van der Waals surface area contributed by atoms with Crippen molar-refractivity contribution in [2.45, 2.75) is 18.0 Å². The van der Waals surface area contributed by atoms with Gasteiger partial charge in [-0.3, -0.25) is 0 Å². The monoisotopic (exact) mass is 385 g/mol. The molecule has 0 aliphatic carbocycles. The third kappa shape index (κ3) is 4.94. The molecule has 0 amide bonds. The lowest BCUT2D eigenvalue weighted by Crippen LogP contribution is -2.11. The average Bonchev–Trinajstić information content (AvgIpc) is 3.09. The Morgan fingerprint density at radius 1 is 1.32 bits per heavy atom. The summed E-state index contributed by atoms with van der Waals surface area (Å²) in [7, 11) is -0.980. The van der Waals surface area contributed by atoms with Gasteiger partial charge >= 0.3 is 0 Å². The molecule has 0 saturated carbocycles. The number of benzene rings is 1. The van der Waals surface area contributed by atoms with Gasteiger partial charge < -0.3 is 9.30 Å². The number of halogens is 1. The van der Waals surface area contributed by atoms with E-state index in [0.717, 1.165) is 11.0 Å². The topological polar surface area (TPSA) is 74.1 Å². The Balaban J connectivity index is 1.47. The van der Waals surface area contributed by atoms with Crippen LogP contribution in [0.2, 0.25) is 0 Å². The van der Waals surface area contributed by atoms with E-state index in [1.165, 1.54) is 23.9 Å². The standard InChI is InChI=1S/C16H20FN3O3S2/c1-20-15(10-12-6-9-25(21,22)11-12)18-19-16(20)24-8-7-23-14-4-2-13(17)3-5-14/h2-5,12H,6-11H2,1H3/t12-/m0/s1. The van der Waals surface area contributed by atoms with E-state index in [0.29, 0.717) is 31.0 Å². The molecular formula is C16H20FN3O3S2. The van der Waals surface area contributed by atoms with E-state index in [1.807, 2.05) is 11.6 Å². The molecule has 1 saturated heterocycles. The summed E-state index contributed by atoms with van der Waals surface area (Å²) in [6.07, 6.45) is 1.33. The van der Waals surface area contributed by atoms with E-state index in [1.54, 1.807) is 12.1 Å². The van der Waals surface area contributed by atoms with Crippen molar-refractivity contribution in [2.75, 3.05) is 23.9 Å². The van der Waals surface area contributed by atoms with Crippen molar-refractivity contribution < 1.29 is 17.5 Å². The summed E-state index contributed by atoms with van der Waals surface area (Å²) in [5.74, 6) is 2.48. The number of hydrogen-bond donors (Lipinski definition) is 0. The molecule has 0 N–H and O–H groups in total. The van der Waals surface area contributed by atoms with Crippen molar-refractivity contribution in [2.24, 2.45) is 13.0 Å². The molecule has 136 valence electrons. The zero-order valence-electron chi connectivity index (χ0n) is 13.9. The first-order chi connectivity index (χ1) is 11.9. The van der Waals surface area contributed by atoms with Crippen LogP contribution in [0, 0.1) is 11.7 Å². The van der Waals surface area contributed by atoms with Crippen LogP contribution in [-0.4, -0.2) is 47.0 Å². The van der Waals surface area contributed by atoms with Gasteiger partial charge in [0.1, 0.15) is 17.4 Å². The van der Waals surface area contributed by atoms with Gasteiger partial charge in [-0.25, -0.2) is 12.8 Å². The van der Waals surface area contributed by atoms with Crippen LogP contribution in [0.5, 0.6) is 5.75 Å². The van der Waals surface area contributed by atoms with Gasteiger partial charge in [-0.05, 0) is 36.6 Å². The number of ether oxygens (including phenoxy) is 1. The summed E-state index contributed by atoms with van der Waals surface area (Å²) in [6, 6.07) is 5.91. The first-order valence-corrected chi connectivity index (χ1v) is 10.8. The third-order valence-electron chi connectivity index (χ3n) is 4.12. The van der Waals surface area contributed by atoms with E-state index in [-0.39, 0.29) is 23.2 Å². The predicted octanol–water partition coefficient (Wildman–Crippen LogP) is 2.10. The molecular weight excluding hydrogens is 365 g/mol. The Morgan fingerprint density at radius 2 is 2.08 bits per heavy atom. The first-order valence-electron chi connectivity index (χ1n) is 8.03. The molecule has 1 fully saturated rings. The van der Waals surface area contributed by atoms with Crippen LogP contribution >= 0.6 is 11.8 Å². The number of hydrogen-bond acceptors (Lipinski definition) is 6. The highest BCUT2D eigenvalue weighted by atomic mass is 32.2. The van der Waals surface area contributed by atoms with Gasteiger partial charge in [-0.1, -0.05) is 11.8 Å². The lowest BCUT2D eigenvalue weighted by molar-refractivity contribution is 0.343. The summed E-state index contributed by atoms with van der Waals surface area (Å²) in [6.45, 7) is 0.472. The molecule has 0 spiro atoms. The molecule has 0 bridgehead atoms. The number of aromatic nitrogens is 3. The molecule has 1 aromatic heterocycles. The maximum Gasteiger partial charge on any atom is 0.191 e. The zero-order valence-corrected chi connectivity index (χ0v) is 15.5. The molecule has 1 atom stereocenters. The summed E-state index contributed by atoms with van der Waals surface area (Å²) in [4.78, 5) is 0. The molecule has 1 aliphatic heterocycles. The van der Waals surface area contributed by atoms with Crippen LogP contribution in [0.1, 0.15) is 12.2 Å². The Hall–Kier alpha value is -1.61. The van der Waals surface area contributed by atoms with Gasteiger partial charge in [0.2, 0.25) is 0 Å². The molecule has 25 heavy (non-hydrogen) atoms. The second-order valence-corrected chi connectivity index (χ2v) is 9.37. The molecule has 2 heterocycles. The van der Waals surface area contributed by atoms with Crippen LogP contribution in [0.3, 0.4) is 0 Å². The molecule has 1 aromatic carbocycles. The molecule has 9 heteroatoms. The van der Waals surface area contributed by atoms with Crippen LogP contribution in [0.25, 0.3) is 0 Å². The van der Waals surface area contributed by atoms with E-state index < -0.39 is 9.84 Å². The minimum atomic E-state index is -2.87. The fraction of sp³-hybridized carbons (Fsp3) is 0.500. The SMILES string of the molecule is Cn1c(C[C@@H]2CCS(=O)(=O)C2)nnc1SCCOc1ccc(F)cc1.